The number of epoxide rings is 1. The van der Waals surface area contributed by atoms with E-state index >= 15 is 0 Å². The quantitative estimate of drug-likeness (QED) is 0.189. The van der Waals surface area contributed by atoms with Gasteiger partial charge >= 0.3 is 11.9 Å². The normalized spacial score (nSPS) is 40.0. The SMILES string of the molecule is CC[C@@]12CC(C(=O)OC)=C3Nc4cc5c(cc4[C@@]34CCN(C[C@@H]3O[C@@H]31)[C@@H]24)[C@@H]1[C@H](O5)[C@@H](O)[C@@]2(CC)CC(C(=O)OC)=C3Nc4c(cc(O)c(OC)c4OC)[C@@]34CCN1[C@@H]24. The molecule has 0 radical (unpaired) electrons. The minimum absolute atomic E-state index is 0.0607. The second-order valence-electron chi connectivity index (χ2n) is 18.3. The Morgan fingerprint density at radius 1 is 0.862 bits per heavy atom. The summed E-state index contributed by atoms with van der Waals surface area (Å²) in [6, 6.07) is 5.72. The molecule has 10 aliphatic rings. The van der Waals surface area contributed by atoms with Crippen LogP contribution < -0.4 is 24.8 Å². The van der Waals surface area contributed by atoms with Gasteiger partial charge in [-0.15, -0.1) is 0 Å². The van der Waals surface area contributed by atoms with Crippen molar-refractivity contribution in [1.29, 1.82) is 0 Å². The number of carbonyl (C=O) groups is 2. The summed E-state index contributed by atoms with van der Waals surface area (Å²) >= 11 is 0. The number of nitrogens with one attached hydrogen (secondary N) is 2. The van der Waals surface area contributed by atoms with Crippen molar-refractivity contribution < 1.29 is 48.2 Å². The Hall–Kier alpha value is -4.50. The first kappa shape index (κ1) is 35.4. The zero-order valence-corrected chi connectivity index (χ0v) is 33.7. The molecule has 2 aromatic carbocycles. The number of piperidine rings is 2. The number of fused-ring (bicyclic) bond motifs is 8. The van der Waals surface area contributed by atoms with Gasteiger partial charge in [0.05, 0.1) is 74.4 Å². The molecule has 12 rings (SSSR count). The van der Waals surface area contributed by atoms with E-state index in [2.05, 4.69) is 46.4 Å². The van der Waals surface area contributed by atoms with Gasteiger partial charge in [0.25, 0.3) is 0 Å². The van der Waals surface area contributed by atoms with Crippen LogP contribution >= 0.6 is 0 Å². The Kier molecular flexibility index (Phi) is 6.84. The molecular formula is C44H50N4O10. The molecule has 58 heavy (non-hydrogen) atoms. The van der Waals surface area contributed by atoms with Crippen molar-refractivity contribution in [3.63, 3.8) is 0 Å². The van der Waals surface area contributed by atoms with Crippen molar-refractivity contribution in [3.8, 4) is 23.0 Å². The summed E-state index contributed by atoms with van der Waals surface area (Å²) in [6.07, 6.45) is 2.52. The van der Waals surface area contributed by atoms with E-state index in [0.29, 0.717) is 54.1 Å². The zero-order valence-electron chi connectivity index (χ0n) is 33.7. The molecule has 2 aliphatic carbocycles. The summed E-state index contributed by atoms with van der Waals surface area (Å²) in [5.74, 6) is 0.458. The third kappa shape index (κ3) is 3.66. The number of aromatic hydroxyl groups is 1. The van der Waals surface area contributed by atoms with Crippen LogP contribution in [0.25, 0.3) is 0 Å². The highest BCUT2D eigenvalue weighted by Gasteiger charge is 2.76. The lowest BCUT2D eigenvalue weighted by atomic mass is 9.51. The van der Waals surface area contributed by atoms with E-state index in [1.165, 1.54) is 26.9 Å². The average Bonchev–Trinajstić information content (AvgIpc) is 3.57. The lowest BCUT2D eigenvalue weighted by Gasteiger charge is -2.60. The first-order valence-corrected chi connectivity index (χ1v) is 20.9. The van der Waals surface area contributed by atoms with Gasteiger partial charge in [-0.3, -0.25) is 9.80 Å². The van der Waals surface area contributed by atoms with Gasteiger partial charge in [-0.2, -0.15) is 0 Å². The van der Waals surface area contributed by atoms with Crippen LogP contribution in [0.3, 0.4) is 0 Å². The summed E-state index contributed by atoms with van der Waals surface area (Å²) in [7, 11) is 5.89. The van der Waals surface area contributed by atoms with Crippen molar-refractivity contribution in [1.82, 2.24) is 9.80 Å². The fraction of sp³-hybridized carbons (Fsp3) is 0.591. The number of hydrogen-bond acceptors (Lipinski definition) is 14. The number of esters is 2. The van der Waals surface area contributed by atoms with E-state index < -0.39 is 34.4 Å². The molecule has 5 fully saturated rings. The standard InChI is InChI=1S/C44H50N4O10/c1-7-41-16-20(37(51)55-5)34-44(23-14-25(49)30(53-3)31(54-4)28(23)46-34)10-12-48(40(41)44)29-19-13-22-24(15-26(19)57-32(29)35(41)50)45-33-21(38(52)56-6)17-42(8-2)36-27(58-36)18-47-11-9-43(22,33)39(42)47/h13-15,27,29,32,35-36,39-40,45-46,49-50H,7-12,16-18H2,1-6H3/t27-,29+,32-,35+,36-,39-,40-,41+,42+,43-,44-/m0/s1. The predicted octanol–water partition coefficient (Wildman–Crippen LogP) is 4.00. The average molecular weight is 795 g/mol. The number of phenolic OH excluding ortho intramolecular Hbond substituents is 1. The highest BCUT2D eigenvalue weighted by molar-refractivity contribution is 5.95. The minimum Gasteiger partial charge on any atom is -0.504 e. The molecule has 0 bridgehead atoms. The van der Waals surface area contributed by atoms with Gasteiger partial charge < -0.3 is 49.3 Å². The molecule has 306 valence electrons. The van der Waals surface area contributed by atoms with Gasteiger partial charge in [-0.25, -0.2) is 9.59 Å². The van der Waals surface area contributed by atoms with Crippen LogP contribution in [0, 0.1) is 10.8 Å². The molecule has 2 aromatic rings. The van der Waals surface area contributed by atoms with Crippen LogP contribution in [0.15, 0.2) is 40.7 Å². The van der Waals surface area contributed by atoms with E-state index in [0.717, 1.165) is 54.1 Å². The molecule has 8 heterocycles. The van der Waals surface area contributed by atoms with Crippen LogP contribution in [0.5, 0.6) is 23.0 Å². The number of aliphatic hydroxyl groups is 1. The Labute approximate surface area is 336 Å². The summed E-state index contributed by atoms with van der Waals surface area (Å²) in [5, 5.41) is 31.8. The molecular weight excluding hydrogens is 745 g/mol. The smallest absolute Gasteiger partial charge is 0.335 e. The van der Waals surface area contributed by atoms with E-state index in [1.54, 1.807) is 13.2 Å². The lowest BCUT2D eigenvalue weighted by Crippen LogP contribution is -2.69. The summed E-state index contributed by atoms with van der Waals surface area (Å²) in [5.41, 5.74) is 5.09. The Morgan fingerprint density at radius 2 is 1.53 bits per heavy atom. The lowest BCUT2D eigenvalue weighted by molar-refractivity contribution is -0.168. The topological polar surface area (TPSA) is 164 Å². The molecule has 4 N–H and O–H groups in total. The number of anilines is 2. The van der Waals surface area contributed by atoms with Gasteiger partial charge in [-0.1, -0.05) is 13.8 Å². The molecule has 2 spiro atoms. The predicted molar refractivity (Wildman–Crippen MR) is 208 cm³/mol. The Morgan fingerprint density at radius 3 is 2.22 bits per heavy atom. The van der Waals surface area contributed by atoms with E-state index in [9.17, 15) is 19.8 Å². The monoisotopic (exact) mass is 794 g/mol. The molecule has 0 aromatic heterocycles. The zero-order chi connectivity index (χ0) is 40.0. The number of nitrogens with zero attached hydrogens (tertiary/aromatic N) is 2. The summed E-state index contributed by atoms with van der Waals surface area (Å²) in [4.78, 5) is 32.8. The van der Waals surface area contributed by atoms with Crippen molar-refractivity contribution >= 4 is 23.3 Å². The molecule has 5 saturated heterocycles. The maximum absolute atomic E-state index is 13.9. The number of phenols is 1. The van der Waals surface area contributed by atoms with Gasteiger partial charge in [0.15, 0.2) is 11.5 Å². The molecule has 8 aliphatic heterocycles. The molecule has 0 unspecified atom stereocenters. The Balaban J connectivity index is 1.05. The largest absolute Gasteiger partial charge is 0.504 e. The van der Waals surface area contributed by atoms with Crippen molar-refractivity contribution in [2.45, 2.75) is 106 Å². The fourth-order valence-electron chi connectivity index (χ4n) is 14.9. The summed E-state index contributed by atoms with van der Waals surface area (Å²) < 4.78 is 35.8. The van der Waals surface area contributed by atoms with Crippen LogP contribution in [-0.2, 0) is 34.6 Å². The van der Waals surface area contributed by atoms with Crippen LogP contribution in [0.2, 0.25) is 0 Å². The molecule has 14 heteroatoms. The Bertz CT molecular complexity index is 2350. The van der Waals surface area contributed by atoms with Gasteiger partial charge in [0, 0.05) is 64.7 Å². The number of aliphatic hydroxyl groups excluding tert-OH is 1. The van der Waals surface area contributed by atoms with Crippen LogP contribution in [0.4, 0.5) is 11.4 Å². The van der Waals surface area contributed by atoms with E-state index in [4.69, 9.17) is 28.4 Å². The van der Waals surface area contributed by atoms with Crippen molar-refractivity contribution in [2.24, 2.45) is 10.8 Å². The number of rotatable bonds is 6. The van der Waals surface area contributed by atoms with Gasteiger partial charge in [0.1, 0.15) is 18.0 Å². The van der Waals surface area contributed by atoms with Crippen molar-refractivity contribution in [3.05, 3.63) is 57.4 Å². The number of ether oxygens (including phenoxy) is 6. The third-order valence-electron chi connectivity index (χ3n) is 16.9. The first-order valence-electron chi connectivity index (χ1n) is 20.9. The second kappa shape index (κ2) is 11.2. The minimum atomic E-state index is -0.959. The van der Waals surface area contributed by atoms with E-state index in [1.807, 2.05) is 0 Å². The fourth-order valence-corrected chi connectivity index (χ4v) is 14.9. The van der Waals surface area contributed by atoms with Crippen molar-refractivity contribution in [2.75, 3.05) is 58.7 Å². The first-order chi connectivity index (χ1) is 28.0. The molecule has 0 amide bonds. The highest BCUT2D eigenvalue weighted by atomic mass is 16.6. The van der Waals surface area contributed by atoms with Crippen LogP contribution in [-0.4, -0.2) is 117 Å². The second-order valence-corrected chi connectivity index (χ2v) is 18.3. The number of benzene rings is 2. The van der Waals surface area contributed by atoms with E-state index in [-0.39, 0.29) is 59.6 Å². The summed E-state index contributed by atoms with van der Waals surface area (Å²) in [6.45, 7) is 6.76. The molecule has 11 atom stereocenters. The maximum atomic E-state index is 13.9. The van der Waals surface area contributed by atoms with Gasteiger partial charge in [-0.05, 0) is 68.3 Å². The maximum Gasteiger partial charge on any atom is 0.335 e. The number of methoxy groups -OCH3 is 4. The number of carbonyl (C=O) groups excluding carboxylic acids is 2. The molecule has 0 saturated carbocycles. The van der Waals surface area contributed by atoms with Gasteiger partial charge in [0.2, 0.25) is 5.75 Å². The number of hydrogen-bond donors (Lipinski definition) is 4. The third-order valence-corrected chi connectivity index (χ3v) is 16.9. The molecule has 14 nitrogen and oxygen atoms in total. The highest BCUT2D eigenvalue weighted by Crippen LogP contribution is 2.73. The van der Waals surface area contributed by atoms with Crippen LogP contribution in [0.1, 0.15) is 75.1 Å².